The number of likely N-dealkylation sites (tertiary alicyclic amines) is 1. The van der Waals surface area contributed by atoms with Gasteiger partial charge in [0.15, 0.2) is 11.5 Å². The van der Waals surface area contributed by atoms with E-state index in [-0.39, 0.29) is 16.8 Å². The SMILES string of the molecule is COc1cc([N+](=O)[O-])ccc1OCCN1C(C)(C)CCCC1(C)C. The van der Waals surface area contributed by atoms with E-state index >= 15 is 0 Å². The van der Waals surface area contributed by atoms with Crippen LogP contribution in [0.15, 0.2) is 18.2 Å². The van der Waals surface area contributed by atoms with Gasteiger partial charge in [0.05, 0.1) is 18.1 Å². The summed E-state index contributed by atoms with van der Waals surface area (Å²) in [6, 6.07) is 4.43. The van der Waals surface area contributed by atoms with Gasteiger partial charge >= 0.3 is 0 Å². The Bertz CT molecular complexity index is 583. The highest BCUT2D eigenvalue weighted by Gasteiger charge is 2.40. The largest absolute Gasteiger partial charge is 0.493 e. The van der Waals surface area contributed by atoms with Crippen molar-refractivity contribution in [1.29, 1.82) is 0 Å². The Morgan fingerprint density at radius 3 is 2.33 bits per heavy atom. The maximum Gasteiger partial charge on any atom is 0.273 e. The zero-order valence-corrected chi connectivity index (χ0v) is 15.3. The molecule has 0 atom stereocenters. The minimum absolute atomic E-state index is 0.00232. The highest BCUT2D eigenvalue weighted by Crippen LogP contribution is 2.38. The average molecular weight is 336 g/mol. The van der Waals surface area contributed by atoms with Crippen molar-refractivity contribution in [2.75, 3.05) is 20.3 Å². The van der Waals surface area contributed by atoms with E-state index in [1.54, 1.807) is 6.07 Å². The third-order valence-electron chi connectivity index (χ3n) is 4.97. The van der Waals surface area contributed by atoms with Gasteiger partial charge < -0.3 is 9.47 Å². The van der Waals surface area contributed by atoms with Gasteiger partial charge in [-0.2, -0.15) is 0 Å². The molecule has 1 aromatic rings. The molecular weight excluding hydrogens is 308 g/mol. The topological polar surface area (TPSA) is 64.8 Å². The zero-order valence-electron chi connectivity index (χ0n) is 15.3. The third-order valence-corrected chi connectivity index (χ3v) is 4.97. The van der Waals surface area contributed by atoms with E-state index in [1.807, 2.05) is 0 Å². The lowest BCUT2D eigenvalue weighted by atomic mass is 9.80. The predicted octanol–water partition coefficient (Wildman–Crippen LogP) is 4.03. The number of nitro groups is 1. The van der Waals surface area contributed by atoms with E-state index in [9.17, 15) is 10.1 Å². The molecule has 0 bridgehead atoms. The van der Waals surface area contributed by atoms with E-state index in [2.05, 4.69) is 32.6 Å². The molecule has 134 valence electrons. The van der Waals surface area contributed by atoms with Crippen LogP contribution in [-0.2, 0) is 0 Å². The standard InChI is InChI=1S/C18H28N2O4/c1-17(2)9-6-10-18(3,4)19(17)11-12-24-15-8-7-14(20(21)22)13-16(15)23-5/h7-8,13H,6,9-12H2,1-5H3. The molecule has 1 aromatic carbocycles. The van der Waals surface area contributed by atoms with Gasteiger partial charge in [0.25, 0.3) is 5.69 Å². The Morgan fingerprint density at radius 2 is 1.79 bits per heavy atom. The van der Waals surface area contributed by atoms with Crippen LogP contribution >= 0.6 is 0 Å². The summed E-state index contributed by atoms with van der Waals surface area (Å²) in [5, 5.41) is 10.8. The second-order valence-electron chi connectivity index (χ2n) is 7.57. The molecule has 6 heteroatoms. The monoisotopic (exact) mass is 336 g/mol. The van der Waals surface area contributed by atoms with Gasteiger partial charge in [-0.3, -0.25) is 15.0 Å². The van der Waals surface area contributed by atoms with Crippen LogP contribution in [0, 0.1) is 10.1 Å². The number of nitro benzene ring substituents is 1. The molecule has 0 N–H and O–H groups in total. The maximum absolute atomic E-state index is 10.8. The van der Waals surface area contributed by atoms with E-state index in [0.717, 1.165) is 6.54 Å². The lowest BCUT2D eigenvalue weighted by Gasteiger charge is -2.53. The van der Waals surface area contributed by atoms with E-state index in [4.69, 9.17) is 9.47 Å². The van der Waals surface area contributed by atoms with Crippen LogP contribution in [0.2, 0.25) is 0 Å². The number of hydrogen-bond donors (Lipinski definition) is 0. The number of rotatable bonds is 6. The van der Waals surface area contributed by atoms with Crippen molar-refractivity contribution in [2.24, 2.45) is 0 Å². The molecule has 1 aliphatic heterocycles. The molecule has 0 aromatic heterocycles. The minimum Gasteiger partial charge on any atom is -0.493 e. The molecule has 0 aliphatic carbocycles. The molecule has 6 nitrogen and oxygen atoms in total. The van der Waals surface area contributed by atoms with Crippen molar-refractivity contribution >= 4 is 5.69 Å². The summed E-state index contributed by atoms with van der Waals surface area (Å²) in [6.45, 7) is 10.4. The number of benzene rings is 1. The molecule has 0 unspecified atom stereocenters. The van der Waals surface area contributed by atoms with Crippen LogP contribution in [0.25, 0.3) is 0 Å². The van der Waals surface area contributed by atoms with Gasteiger partial charge in [-0.25, -0.2) is 0 Å². The van der Waals surface area contributed by atoms with Gasteiger partial charge in [0.2, 0.25) is 0 Å². The van der Waals surface area contributed by atoms with Gasteiger partial charge in [0.1, 0.15) is 6.61 Å². The normalized spacial score (nSPS) is 19.7. The van der Waals surface area contributed by atoms with E-state index < -0.39 is 4.92 Å². The van der Waals surface area contributed by atoms with Crippen LogP contribution in [0.1, 0.15) is 47.0 Å². The quantitative estimate of drug-likeness (QED) is 0.580. The second-order valence-corrected chi connectivity index (χ2v) is 7.57. The molecule has 24 heavy (non-hydrogen) atoms. The van der Waals surface area contributed by atoms with Crippen molar-refractivity contribution in [1.82, 2.24) is 4.90 Å². The Balaban J connectivity index is 2.04. The summed E-state index contributed by atoms with van der Waals surface area (Å²) in [6.07, 6.45) is 3.60. The van der Waals surface area contributed by atoms with Crippen LogP contribution in [0.3, 0.4) is 0 Å². The maximum atomic E-state index is 10.8. The van der Waals surface area contributed by atoms with Crippen molar-refractivity contribution in [3.8, 4) is 11.5 Å². The molecule has 1 heterocycles. The average Bonchev–Trinajstić information content (AvgIpc) is 2.49. The fraction of sp³-hybridized carbons (Fsp3) is 0.667. The van der Waals surface area contributed by atoms with Crippen molar-refractivity contribution in [2.45, 2.75) is 58.0 Å². The smallest absolute Gasteiger partial charge is 0.273 e. The lowest BCUT2D eigenvalue weighted by molar-refractivity contribution is -0.384. The van der Waals surface area contributed by atoms with E-state index in [1.165, 1.54) is 38.5 Å². The van der Waals surface area contributed by atoms with Crippen molar-refractivity contribution in [3.05, 3.63) is 28.3 Å². The molecule has 0 radical (unpaired) electrons. The number of piperidine rings is 1. The molecule has 2 rings (SSSR count). The molecule has 0 saturated carbocycles. The molecule has 0 spiro atoms. The number of ether oxygens (including phenoxy) is 2. The zero-order chi connectivity index (χ0) is 18.0. The number of non-ortho nitro benzene ring substituents is 1. The van der Waals surface area contributed by atoms with Crippen molar-refractivity contribution < 1.29 is 14.4 Å². The summed E-state index contributed by atoms with van der Waals surface area (Å²) in [7, 11) is 1.49. The Morgan fingerprint density at radius 1 is 1.17 bits per heavy atom. The molecular formula is C18H28N2O4. The van der Waals surface area contributed by atoms with Crippen LogP contribution in [0.4, 0.5) is 5.69 Å². The molecule has 1 aliphatic rings. The Labute approximate surface area is 143 Å². The molecule has 0 amide bonds. The van der Waals surface area contributed by atoms with Crippen LogP contribution in [0.5, 0.6) is 11.5 Å². The first-order chi connectivity index (χ1) is 11.2. The van der Waals surface area contributed by atoms with Crippen molar-refractivity contribution in [3.63, 3.8) is 0 Å². The Kier molecular flexibility index (Phi) is 5.38. The molecule has 1 fully saturated rings. The summed E-state index contributed by atoms with van der Waals surface area (Å²) < 4.78 is 11.1. The fourth-order valence-electron chi connectivity index (χ4n) is 3.78. The second kappa shape index (κ2) is 6.97. The van der Waals surface area contributed by atoms with E-state index in [0.29, 0.717) is 18.1 Å². The summed E-state index contributed by atoms with van der Waals surface area (Å²) >= 11 is 0. The summed E-state index contributed by atoms with van der Waals surface area (Å²) in [4.78, 5) is 12.9. The fourth-order valence-corrected chi connectivity index (χ4v) is 3.78. The number of hydrogen-bond acceptors (Lipinski definition) is 5. The molecule has 1 saturated heterocycles. The van der Waals surface area contributed by atoms with Crippen LogP contribution in [-0.4, -0.2) is 41.2 Å². The predicted molar refractivity (Wildman–Crippen MR) is 93.9 cm³/mol. The van der Waals surface area contributed by atoms with Gasteiger partial charge in [-0.05, 0) is 53.0 Å². The first kappa shape index (κ1) is 18.5. The minimum atomic E-state index is -0.439. The highest BCUT2D eigenvalue weighted by atomic mass is 16.6. The number of methoxy groups -OCH3 is 1. The van der Waals surface area contributed by atoms with Crippen LogP contribution < -0.4 is 9.47 Å². The number of nitrogens with zero attached hydrogens (tertiary/aromatic N) is 2. The Hall–Kier alpha value is -1.82. The third kappa shape index (κ3) is 3.98. The highest BCUT2D eigenvalue weighted by molar-refractivity contribution is 5.48. The summed E-state index contributed by atoms with van der Waals surface area (Å²) in [5.74, 6) is 0.928. The first-order valence-electron chi connectivity index (χ1n) is 8.40. The van der Waals surface area contributed by atoms with Gasteiger partial charge in [-0.1, -0.05) is 0 Å². The van der Waals surface area contributed by atoms with Gasteiger partial charge in [-0.15, -0.1) is 0 Å². The van der Waals surface area contributed by atoms with Gasteiger partial charge in [0, 0.05) is 23.7 Å². The summed E-state index contributed by atoms with van der Waals surface area (Å²) in [5.41, 5.74) is 0.285. The first-order valence-corrected chi connectivity index (χ1v) is 8.40. The lowest BCUT2D eigenvalue weighted by Crippen LogP contribution is -2.59.